The average Bonchev–Trinajstić information content (AvgIpc) is 2.44. The molecule has 0 radical (unpaired) electrons. The fourth-order valence-corrected chi connectivity index (χ4v) is 2.11. The monoisotopic (exact) mass is 299 g/mol. The van der Waals surface area contributed by atoms with Gasteiger partial charge in [0, 0.05) is 0 Å². The Morgan fingerprint density at radius 1 is 1.43 bits per heavy atom. The number of aliphatic hydroxyl groups excluding tert-OH is 2. The van der Waals surface area contributed by atoms with Crippen LogP contribution in [0.4, 0.5) is 17.5 Å². The molecular weight excluding hydrogens is 286 g/mol. The predicted molar refractivity (Wildman–Crippen MR) is 72.2 cm³/mol. The third kappa shape index (κ3) is 2.41. The Hall–Kier alpha value is -2.60. The fourth-order valence-electron chi connectivity index (χ4n) is 2.11. The number of nitrogens with two attached hydrogens (primary N) is 1. The van der Waals surface area contributed by atoms with E-state index in [1.54, 1.807) is 0 Å². The zero-order valence-corrected chi connectivity index (χ0v) is 10.9. The molecule has 2 rings (SSSR count). The second kappa shape index (κ2) is 5.41. The second-order valence-corrected chi connectivity index (χ2v) is 4.51. The second-order valence-electron chi connectivity index (χ2n) is 4.51. The summed E-state index contributed by atoms with van der Waals surface area (Å²) in [7, 11) is 0. The predicted octanol–water partition coefficient (Wildman–Crippen LogP) is -1.55. The smallest absolute Gasteiger partial charge is 0.280 e. The van der Waals surface area contributed by atoms with E-state index < -0.39 is 23.8 Å². The lowest BCUT2D eigenvalue weighted by Gasteiger charge is -2.37. The summed E-state index contributed by atoms with van der Waals surface area (Å²) >= 11 is 0. The maximum absolute atomic E-state index is 11.9. The average molecular weight is 299 g/mol. The lowest BCUT2D eigenvalue weighted by atomic mass is 10.0. The van der Waals surface area contributed by atoms with Gasteiger partial charge in [0.15, 0.2) is 11.5 Å². The van der Waals surface area contributed by atoms with Gasteiger partial charge in [-0.2, -0.15) is 4.98 Å². The molecule has 3 atom stereocenters. The standard InChI is InChI=1S/C9H13N7O5/c1-3(17)6(18)4-2-15(13-20)7-5(16(4)14-21)8(19)12-9(10)11-7/h3-4,6,17-18H,2H2,1H3,(H3,10,11,12,19)/t3-,4+,6-/m0/s1. The lowest BCUT2D eigenvalue weighted by molar-refractivity contribution is 0.0138. The van der Waals surface area contributed by atoms with Gasteiger partial charge in [0.25, 0.3) is 5.56 Å². The molecule has 0 spiro atoms. The van der Waals surface area contributed by atoms with Gasteiger partial charge in [0.05, 0.1) is 23.2 Å². The van der Waals surface area contributed by atoms with Crippen molar-refractivity contribution in [2.24, 2.45) is 10.6 Å². The van der Waals surface area contributed by atoms with Crippen molar-refractivity contribution < 1.29 is 10.2 Å². The molecule has 0 unspecified atom stereocenters. The van der Waals surface area contributed by atoms with Crippen LogP contribution >= 0.6 is 0 Å². The van der Waals surface area contributed by atoms with E-state index in [-0.39, 0.29) is 24.0 Å². The molecule has 12 heteroatoms. The van der Waals surface area contributed by atoms with Gasteiger partial charge in [-0.25, -0.2) is 10.0 Å². The summed E-state index contributed by atoms with van der Waals surface area (Å²) in [4.78, 5) is 39.7. The Morgan fingerprint density at radius 3 is 2.62 bits per heavy atom. The highest BCUT2D eigenvalue weighted by Gasteiger charge is 2.41. The van der Waals surface area contributed by atoms with Crippen molar-refractivity contribution in [1.29, 1.82) is 0 Å². The number of rotatable bonds is 4. The van der Waals surface area contributed by atoms with E-state index in [2.05, 4.69) is 20.5 Å². The molecule has 5 N–H and O–H groups in total. The zero-order chi connectivity index (χ0) is 15.7. The van der Waals surface area contributed by atoms with Crippen LogP contribution in [0, 0.1) is 9.81 Å². The van der Waals surface area contributed by atoms with Crippen LogP contribution in [0.3, 0.4) is 0 Å². The number of hydrogen-bond donors (Lipinski definition) is 4. The van der Waals surface area contributed by atoms with Crippen LogP contribution in [-0.4, -0.2) is 45.0 Å². The summed E-state index contributed by atoms with van der Waals surface area (Å²) in [6, 6.07) is -1.15. The molecule has 1 aliphatic rings. The van der Waals surface area contributed by atoms with Crippen LogP contribution in [0.2, 0.25) is 0 Å². The minimum absolute atomic E-state index is 0.250. The van der Waals surface area contributed by atoms with Gasteiger partial charge in [-0.3, -0.25) is 9.78 Å². The van der Waals surface area contributed by atoms with E-state index in [0.717, 1.165) is 5.01 Å². The molecule has 12 nitrogen and oxygen atoms in total. The number of nitrogens with zero attached hydrogens (tertiary/aromatic N) is 5. The number of aromatic amines is 1. The van der Waals surface area contributed by atoms with Gasteiger partial charge in [0.2, 0.25) is 5.95 Å². The number of nitrogen functional groups attached to an aromatic ring is 1. The Bertz CT molecular complexity index is 617. The third-order valence-corrected chi connectivity index (χ3v) is 3.12. The number of aliphatic hydroxyl groups is 2. The first-order valence-electron chi connectivity index (χ1n) is 5.90. The summed E-state index contributed by atoms with van der Waals surface area (Å²) in [5.74, 6) is -0.521. The molecule has 1 aliphatic heterocycles. The van der Waals surface area contributed by atoms with E-state index in [1.165, 1.54) is 6.92 Å². The number of aromatic nitrogens is 2. The first-order valence-corrected chi connectivity index (χ1v) is 5.90. The van der Waals surface area contributed by atoms with Crippen molar-refractivity contribution >= 4 is 17.5 Å². The minimum Gasteiger partial charge on any atom is -0.391 e. The molecule has 2 heterocycles. The topological polar surface area (TPSA) is 178 Å². The molecule has 0 saturated carbocycles. The molecule has 0 saturated heterocycles. The number of H-pyrrole nitrogens is 1. The van der Waals surface area contributed by atoms with Crippen molar-refractivity contribution in [2.45, 2.75) is 25.2 Å². The van der Waals surface area contributed by atoms with Gasteiger partial charge in [-0.15, -0.1) is 9.81 Å². The van der Waals surface area contributed by atoms with Crippen molar-refractivity contribution in [1.82, 2.24) is 9.97 Å². The maximum atomic E-state index is 11.9. The van der Waals surface area contributed by atoms with E-state index >= 15 is 0 Å². The summed E-state index contributed by atoms with van der Waals surface area (Å²) in [5.41, 5.74) is 4.17. The summed E-state index contributed by atoms with van der Waals surface area (Å²) in [6.07, 6.45) is -2.67. The third-order valence-electron chi connectivity index (χ3n) is 3.12. The fraction of sp³-hybridized carbons (Fsp3) is 0.556. The van der Waals surface area contributed by atoms with Crippen LogP contribution < -0.4 is 21.3 Å². The van der Waals surface area contributed by atoms with Crippen LogP contribution in [-0.2, 0) is 0 Å². The lowest BCUT2D eigenvalue weighted by Crippen LogP contribution is -2.56. The van der Waals surface area contributed by atoms with Crippen molar-refractivity contribution in [3.8, 4) is 0 Å². The number of anilines is 3. The Kier molecular flexibility index (Phi) is 3.82. The van der Waals surface area contributed by atoms with Gasteiger partial charge < -0.3 is 15.9 Å². The van der Waals surface area contributed by atoms with Crippen molar-refractivity contribution in [3.05, 3.63) is 20.2 Å². The van der Waals surface area contributed by atoms with E-state index in [1.807, 2.05) is 0 Å². The minimum atomic E-state index is -1.45. The normalized spacial score (nSPS) is 20.6. The molecule has 114 valence electrons. The number of hydrogen-bond acceptors (Lipinski definition) is 9. The van der Waals surface area contributed by atoms with Crippen LogP contribution in [0.1, 0.15) is 6.92 Å². The summed E-state index contributed by atoms with van der Waals surface area (Å²) < 4.78 is 0. The van der Waals surface area contributed by atoms with Crippen molar-refractivity contribution in [3.63, 3.8) is 0 Å². The van der Waals surface area contributed by atoms with Gasteiger partial charge in [-0.1, -0.05) is 0 Å². The molecule has 0 aliphatic carbocycles. The van der Waals surface area contributed by atoms with E-state index in [4.69, 9.17) is 5.73 Å². The molecule has 0 aromatic carbocycles. The first-order chi connectivity index (χ1) is 9.90. The van der Waals surface area contributed by atoms with E-state index in [9.17, 15) is 24.8 Å². The highest BCUT2D eigenvalue weighted by Crippen LogP contribution is 2.32. The molecule has 0 amide bonds. The summed E-state index contributed by atoms with van der Waals surface area (Å²) in [5, 5.41) is 26.1. The van der Waals surface area contributed by atoms with Gasteiger partial charge in [-0.05, 0) is 6.92 Å². The zero-order valence-electron chi connectivity index (χ0n) is 10.9. The Morgan fingerprint density at radius 2 is 2.10 bits per heavy atom. The first kappa shape index (κ1) is 14.8. The molecular formula is C9H13N7O5. The molecule has 1 aromatic rings. The quantitative estimate of drug-likeness (QED) is 0.479. The number of nitrogens with one attached hydrogen (secondary N) is 1. The Labute approximate surface area is 117 Å². The molecule has 0 fully saturated rings. The highest BCUT2D eigenvalue weighted by atomic mass is 16.3. The highest BCUT2D eigenvalue weighted by molar-refractivity contribution is 5.69. The van der Waals surface area contributed by atoms with Gasteiger partial charge in [0.1, 0.15) is 12.1 Å². The molecule has 0 bridgehead atoms. The van der Waals surface area contributed by atoms with Crippen LogP contribution in [0.5, 0.6) is 0 Å². The number of nitroso groups, excluding NO2 is 2. The van der Waals surface area contributed by atoms with Gasteiger partial charge >= 0.3 is 0 Å². The molecule has 21 heavy (non-hydrogen) atoms. The van der Waals surface area contributed by atoms with E-state index in [0.29, 0.717) is 5.01 Å². The SMILES string of the molecule is C[C@H](O)[C@H](O)[C@H]1CN(N=O)c2nc(N)[nH]c(=O)c2N1N=O. The van der Waals surface area contributed by atoms with Crippen LogP contribution in [0.15, 0.2) is 15.4 Å². The largest absolute Gasteiger partial charge is 0.391 e. The molecule has 1 aromatic heterocycles. The maximum Gasteiger partial charge on any atom is 0.280 e. The number of fused-ring (bicyclic) bond motifs is 1. The Balaban J connectivity index is 2.61. The van der Waals surface area contributed by atoms with Crippen LogP contribution in [0.25, 0.3) is 0 Å². The summed E-state index contributed by atoms with van der Waals surface area (Å²) in [6.45, 7) is 0.984. The van der Waals surface area contributed by atoms with Crippen molar-refractivity contribution in [2.75, 3.05) is 22.3 Å².